The fourth-order valence-electron chi connectivity index (χ4n) is 2.30. The molecule has 3 N–H and O–H groups in total. The maximum atomic E-state index is 12.2. The SMILES string of the molecule is Cc1cc(N)c(S(=O)(=O)NCCC2CCC2)cc1C. The minimum Gasteiger partial charge on any atom is -0.398 e. The van der Waals surface area contributed by atoms with Crippen LogP contribution in [0.15, 0.2) is 17.0 Å². The summed E-state index contributed by atoms with van der Waals surface area (Å²) >= 11 is 0. The van der Waals surface area contributed by atoms with Gasteiger partial charge in [0.05, 0.1) is 5.69 Å². The summed E-state index contributed by atoms with van der Waals surface area (Å²) in [5.41, 5.74) is 8.09. The number of sulfonamides is 1. The maximum absolute atomic E-state index is 12.2. The highest BCUT2D eigenvalue weighted by atomic mass is 32.2. The molecule has 106 valence electrons. The Morgan fingerprint density at radius 2 is 1.89 bits per heavy atom. The van der Waals surface area contributed by atoms with E-state index in [0.717, 1.165) is 17.5 Å². The number of nitrogens with one attached hydrogen (secondary N) is 1. The summed E-state index contributed by atoms with van der Waals surface area (Å²) in [7, 11) is -3.49. The predicted molar refractivity (Wildman–Crippen MR) is 77.5 cm³/mol. The molecule has 1 saturated carbocycles. The Morgan fingerprint density at radius 1 is 1.26 bits per heavy atom. The zero-order valence-electron chi connectivity index (χ0n) is 11.6. The third-order valence-electron chi connectivity index (χ3n) is 3.99. The van der Waals surface area contributed by atoms with Crippen molar-refractivity contribution in [3.8, 4) is 0 Å². The van der Waals surface area contributed by atoms with Gasteiger partial charge in [0.25, 0.3) is 0 Å². The topological polar surface area (TPSA) is 72.2 Å². The third-order valence-corrected chi connectivity index (χ3v) is 5.50. The van der Waals surface area contributed by atoms with Gasteiger partial charge in [-0.2, -0.15) is 0 Å². The van der Waals surface area contributed by atoms with Crippen LogP contribution in [0.1, 0.15) is 36.8 Å². The summed E-state index contributed by atoms with van der Waals surface area (Å²) in [6.45, 7) is 4.31. The van der Waals surface area contributed by atoms with E-state index in [-0.39, 0.29) is 4.90 Å². The smallest absolute Gasteiger partial charge is 0.242 e. The summed E-state index contributed by atoms with van der Waals surface area (Å²) < 4.78 is 27.1. The highest BCUT2D eigenvalue weighted by Gasteiger charge is 2.21. The molecule has 1 aliphatic carbocycles. The van der Waals surface area contributed by atoms with Gasteiger partial charge in [0, 0.05) is 6.54 Å². The maximum Gasteiger partial charge on any atom is 0.242 e. The summed E-state index contributed by atoms with van der Waals surface area (Å²) in [6, 6.07) is 3.37. The second-order valence-corrected chi connectivity index (χ2v) is 7.19. The van der Waals surface area contributed by atoms with E-state index in [9.17, 15) is 8.42 Å². The molecule has 1 aromatic rings. The van der Waals surface area contributed by atoms with Gasteiger partial charge < -0.3 is 5.73 Å². The Bertz CT molecular complexity index is 563. The Kier molecular flexibility index (Phi) is 4.16. The first-order valence-corrected chi connectivity index (χ1v) is 8.25. The van der Waals surface area contributed by atoms with Gasteiger partial charge in [-0.15, -0.1) is 0 Å². The molecule has 19 heavy (non-hydrogen) atoms. The normalized spacial score (nSPS) is 16.3. The van der Waals surface area contributed by atoms with E-state index < -0.39 is 10.0 Å². The zero-order valence-corrected chi connectivity index (χ0v) is 12.4. The van der Waals surface area contributed by atoms with E-state index in [1.54, 1.807) is 12.1 Å². The highest BCUT2D eigenvalue weighted by Crippen LogP contribution is 2.29. The molecule has 0 bridgehead atoms. The lowest BCUT2D eigenvalue weighted by Gasteiger charge is -2.25. The van der Waals surface area contributed by atoms with Crippen LogP contribution in [0.4, 0.5) is 5.69 Å². The van der Waals surface area contributed by atoms with Crippen molar-refractivity contribution in [2.24, 2.45) is 5.92 Å². The molecule has 0 spiro atoms. The molecule has 0 atom stereocenters. The first-order chi connectivity index (χ1) is 8.90. The van der Waals surface area contributed by atoms with Gasteiger partial charge in [0.2, 0.25) is 10.0 Å². The Balaban J connectivity index is 2.07. The van der Waals surface area contributed by atoms with E-state index >= 15 is 0 Å². The minimum absolute atomic E-state index is 0.198. The van der Waals surface area contributed by atoms with Gasteiger partial charge in [-0.1, -0.05) is 19.3 Å². The van der Waals surface area contributed by atoms with E-state index in [2.05, 4.69) is 4.72 Å². The molecule has 0 unspecified atom stereocenters. The van der Waals surface area contributed by atoms with Gasteiger partial charge in [0.15, 0.2) is 0 Å². The first-order valence-electron chi connectivity index (χ1n) is 6.76. The van der Waals surface area contributed by atoms with E-state index in [1.807, 2.05) is 13.8 Å². The molecule has 1 fully saturated rings. The lowest BCUT2D eigenvalue weighted by atomic mass is 9.83. The molecule has 0 amide bonds. The third kappa shape index (κ3) is 3.28. The largest absolute Gasteiger partial charge is 0.398 e. The van der Waals surface area contributed by atoms with Crippen molar-refractivity contribution in [1.29, 1.82) is 0 Å². The van der Waals surface area contributed by atoms with Crippen molar-refractivity contribution in [3.63, 3.8) is 0 Å². The minimum atomic E-state index is -3.49. The second-order valence-electron chi connectivity index (χ2n) is 5.46. The van der Waals surface area contributed by atoms with Crippen LogP contribution in [0.25, 0.3) is 0 Å². The molecule has 0 saturated heterocycles. The van der Waals surface area contributed by atoms with Crippen molar-refractivity contribution >= 4 is 15.7 Å². The van der Waals surface area contributed by atoms with Crippen LogP contribution in [0.2, 0.25) is 0 Å². The van der Waals surface area contributed by atoms with Crippen molar-refractivity contribution in [2.45, 2.75) is 44.4 Å². The molecular weight excluding hydrogens is 260 g/mol. The van der Waals surface area contributed by atoms with Gasteiger partial charge in [0.1, 0.15) is 4.90 Å². The quantitative estimate of drug-likeness (QED) is 0.814. The average Bonchev–Trinajstić information content (AvgIpc) is 2.26. The number of hydrogen-bond donors (Lipinski definition) is 2. The standard InChI is InChI=1S/C14H22N2O2S/c1-10-8-13(15)14(9-11(10)2)19(17,18)16-7-6-12-4-3-5-12/h8-9,12,16H,3-7,15H2,1-2H3. The van der Waals surface area contributed by atoms with E-state index in [1.165, 1.54) is 19.3 Å². The molecule has 1 aromatic carbocycles. The molecule has 0 heterocycles. The molecule has 0 aromatic heterocycles. The molecule has 0 aliphatic heterocycles. The fraction of sp³-hybridized carbons (Fsp3) is 0.571. The highest BCUT2D eigenvalue weighted by molar-refractivity contribution is 7.89. The van der Waals surface area contributed by atoms with Crippen LogP contribution in [0.3, 0.4) is 0 Å². The van der Waals surface area contributed by atoms with Crippen LogP contribution in [0, 0.1) is 19.8 Å². The van der Waals surface area contributed by atoms with Crippen molar-refractivity contribution in [3.05, 3.63) is 23.3 Å². The van der Waals surface area contributed by atoms with Crippen LogP contribution >= 0.6 is 0 Å². The van der Waals surface area contributed by atoms with E-state index in [0.29, 0.717) is 18.2 Å². The van der Waals surface area contributed by atoms with Crippen molar-refractivity contribution in [2.75, 3.05) is 12.3 Å². The number of nitrogens with two attached hydrogens (primary N) is 1. The van der Waals surface area contributed by atoms with Crippen LogP contribution in [-0.4, -0.2) is 15.0 Å². The van der Waals surface area contributed by atoms with Crippen molar-refractivity contribution in [1.82, 2.24) is 4.72 Å². The van der Waals surface area contributed by atoms with Gasteiger partial charge in [-0.05, 0) is 49.4 Å². The average molecular weight is 282 g/mol. The fourth-order valence-corrected chi connectivity index (χ4v) is 3.54. The lowest BCUT2D eigenvalue weighted by molar-refractivity contribution is 0.297. The number of nitrogen functional groups attached to an aromatic ring is 1. The number of benzene rings is 1. The molecule has 1 aliphatic rings. The van der Waals surface area contributed by atoms with Gasteiger partial charge in [-0.25, -0.2) is 13.1 Å². The Morgan fingerprint density at radius 3 is 2.47 bits per heavy atom. The number of anilines is 1. The zero-order chi connectivity index (χ0) is 14.0. The summed E-state index contributed by atoms with van der Waals surface area (Å²) in [4.78, 5) is 0.198. The molecule has 0 radical (unpaired) electrons. The number of hydrogen-bond acceptors (Lipinski definition) is 3. The Hall–Kier alpha value is -1.07. The molecule has 5 heteroatoms. The lowest BCUT2D eigenvalue weighted by Crippen LogP contribution is -2.28. The van der Waals surface area contributed by atoms with Crippen LogP contribution < -0.4 is 10.5 Å². The van der Waals surface area contributed by atoms with Crippen LogP contribution in [-0.2, 0) is 10.0 Å². The van der Waals surface area contributed by atoms with Gasteiger partial charge in [-0.3, -0.25) is 0 Å². The summed E-state index contributed by atoms with van der Waals surface area (Å²) in [5.74, 6) is 0.694. The summed E-state index contributed by atoms with van der Waals surface area (Å²) in [5, 5.41) is 0. The monoisotopic (exact) mass is 282 g/mol. The van der Waals surface area contributed by atoms with Gasteiger partial charge >= 0.3 is 0 Å². The predicted octanol–water partition coefficient (Wildman–Crippen LogP) is 2.35. The molecule has 4 nitrogen and oxygen atoms in total. The first kappa shape index (κ1) is 14.3. The summed E-state index contributed by atoms with van der Waals surface area (Å²) in [6.07, 6.45) is 4.66. The van der Waals surface area contributed by atoms with E-state index in [4.69, 9.17) is 5.73 Å². The Labute approximate surface area is 115 Å². The molecular formula is C14H22N2O2S. The number of rotatable bonds is 5. The molecule has 2 rings (SSSR count). The second kappa shape index (κ2) is 5.51. The number of aryl methyl sites for hydroxylation is 2. The van der Waals surface area contributed by atoms with Crippen molar-refractivity contribution < 1.29 is 8.42 Å². The van der Waals surface area contributed by atoms with Crippen LogP contribution in [0.5, 0.6) is 0 Å².